The maximum absolute atomic E-state index is 11.0. The van der Waals surface area contributed by atoms with Gasteiger partial charge in [-0.2, -0.15) is 11.8 Å². The Morgan fingerprint density at radius 1 is 0.833 bits per heavy atom. The standard InChI is InChI=1S/C19H36O4S/c1-4-5-6-7-8-9-10-11-12-15-24-19(16-23-18(3)21)13-14-22-17(2)20/h19H,4-16H2,1-3H3/t19-/m1/s1. The lowest BCUT2D eigenvalue weighted by atomic mass is 10.1. The van der Waals surface area contributed by atoms with Crippen molar-refractivity contribution in [2.24, 2.45) is 0 Å². The third-order valence-corrected chi connectivity index (χ3v) is 5.19. The van der Waals surface area contributed by atoms with Crippen LogP contribution >= 0.6 is 11.8 Å². The Balaban J connectivity index is 3.64. The van der Waals surface area contributed by atoms with E-state index in [0.29, 0.717) is 13.2 Å². The third kappa shape index (κ3) is 17.6. The first-order chi connectivity index (χ1) is 11.6. The molecule has 4 nitrogen and oxygen atoms in total. The molecular weight excluding hydrogens is 324 g/mol. The van der Waals surface area contributed by atoms with Crippen molar-refractivity contribution >= 4 is 23.7 Å². The van der Waals surface area contributed by atoms with Crippen molar-refractivity contribution in [3.05, 3.63) is 0 Å². The zero-order chi connectivity index (χ0) is 18.0. The van der Waals surface area contributed by atoms with Gasteiger partial charge in [-0.1, -0.05) is 58.3 Å². The van der Waals surface area contributed by atoms with Crippen molar-refractivity contribution in [3.63, 3.8) is 0 Å². The van der Waals surface area contributed by atoms with Crippen LogP contribution in [0.4, 0.5) is 0 Å². The molecule has 142 valence electrons. The second-order valence-corrected chi connectivity index (χ2v) is 7.66. The molecule has 0 N–H and O–H groups in total. The van der Waals surface area contributed by atoms with Gasteiger partial charge in [0.05, 0.1) is 6.61 Å². The van der Waals surface area contributed by atoms with Crippen molar-refractivity contribution in [2.45, 2.75) is 90.2 Å². The lowest BCUT2D eigenvalue weighted by Crippen LogP contribution is -2.18. The molecule has 0 radical (unpaired) electrons. The highest BCUT2D eigenvalue weighted by molar-refractivity contribution is 7.99. The quantitative estimate of drug-likeness (QED) is 0.282. The van der Waals surface area contributed by atoms with Crippen LogP contribution in [-0.2, 0) is 19.1 Å². The SMILES string of the molecule is CCCCCCCCCCCS[C@H](CCOC(C)=O)COC(C)=O. The maximum atomic E-state index is 11.0. The molecule has 0 heterocycles. The van der Waals surface area contributed by atoms with Crippen molar-refractivity contribution in [2.75, 3.05) is 19.0 Å². The minimum atomic E-state index is -0.259. The Kier molecular flexibility index (Phi) is 16.6. The van der Waals surface area contributed by atoms with E-state index in [1.165, 1.54) is 71.6 Å². The zero-order valence-electron chi connectivity index (χ0n) is 15.8. The number of rotatable bonds is 16. The average Bonchev–Trinajstić information content (AvgIpc) is 2.53. The molecule has 0 saturated carbocycles. The van der Waals surface area contributed by atoms with E-state index < -0.39 is 0 Å². The van der Waals surface area contributed by atoms with Gasteiger partial charge < -0.3 is 9.47 Å². The van der Waals surface area contributed by atoms with Gasteiger partial charge >= 0.3 is 11.9 Å². The van der Waals surface area contributed by atoms with Crippen LogP contribution in [0.5, 0.6) is 0 Å². The Morgan fingerprint density at radius 3 is 1.92 bits per heavy atom. The molecule has 0 unspecified atom stereocenters. The van der Waals surface area contributed by atoms with Crippen LogP contribution in [0, 0.1) is 0 Å². The van der Waals surface area contributed by atoms with Crippen molar-refractivity contribution < 1.29 is 19.1 Å². The summed E-state index contributed by atoms with van der Waals surface area (Å²) in [5.74, 6) is 0.559. The van der Waals surface area contributed by atoms with Crippen LogP contribution < -0.4 is 0 Å². The Bertz CT molecular complexity index is 320. The minimum Gasteiger partial charge on any atom is -0.466 e. The van der Waals surface area contributed by atoms with Gasteiger partial charge in [-0.3, -0.25) is 9.59 Å². The van der Waals surface area contributed by atoms with Gasteiger partial charge in [-0.15, -0.1) is 0 Å². The molecule has 0 aliphatic rings. The summed E-state index contributed by atoms with van der Waals surface area (Å²) in [5, 5.41) is 0.210. The van der Waals surface area contributed by atoms with Crippen LogP contribution in [0.3, 0.4) is 0 Å². The fraction of sp³-hybridized carbons (Fsp3) is 0.895. The molecule has 0 aromatic carbocycles. The van der Waals surface area contributed by atoms with Crippen molar-refractivity contribution in [1.29, 1.82) is 0 Å². The van der Waals surface area contributed by atoms with Gasteiger partial charge in [0.1, 0.15) is 6.61 Å². The van der Waals surface area contributed by atoms with E-state index in [1.807, 2.05) is 11.8 Å². The van der Waals surface area contributed by atoms with E-state index in [-0.39, 0.29) is 17.2 Å². The molecule has 0 bridgehead atoms. The molecule has 0 aliphatic heterocycles. The van der Waals surface area contributed by atoms with Gasteiger partial charge in [-0.25, -0.2) is 0 Å². The zero-order valence-corrected chi connectivity index (χ0v) is 16.6. The average molecular weight is 361 g/mol. The van der Waals surface area contributed by atoms with Crippen molar-refractivity contribution in [3.8, 4) is 0 Å². The molecule has 0 amide bonds. The molecule has 0 spiro atoms. The number of thioether (sulfide) groups is 1. The molecule has 0 saturated heterocycles. The van der Waals surface area contributed by atoms with Gasteiger partial charge in [0.2, 0.25) is 0 Å². The molecule has 0 aromatic rings. The van der Waals surface area contributed by atoms with E-state index in [0.717, 1.165) is 12.2 Å². The molecule has 0 aliphatic carbocycles. The summed E-state index contributed by atoms with van der Waals surface area (Å²) in [6, 6.07) is 0. The highest BCUT2D eigenvalue weighted by Gasteiger charge is 2.12. The number of ether oxygens (including phenoxy) is 2. The van der Waals surface area contributed by atoms with Crippen molar-refractivity contribution in [1.82, 2.24) is 0 Å². The maximum Gasteiger partial charge on any atom is 0.302 e. The lowest BCUT2D eigenvalue weighted by Gasteiger charge is -2.16. The molecule has 0 fully saturated rings. The fourth-order valence-electron chi connectivity index (χ4n) is 2.42. The third-order valence-electron chi connectivity index (χ3n) is 3.82. The van der Waals surface area contributed by atoms with Gasteiger partial charge in [0.25, 0.3) is 0 Å². The Labute approximate surface area is 152 Å². The normalized spacial score (nSPS) is 12.0. The summed E-state index contributed by atoms with van der Waals surface area (Å²) in [4.78, 5) is 21.8. The monoisotopic (exact) mass is 360 g/mol. The first-order valence-corrected chi connectivity index (χ1v) is 10.5. The van der Waals surface area contributed by atoms with Crippen LogP contribution in [0.2, 0.25) is 0 Å². The van der Waals surface area contributed by atoms with Crippen LogP contribution in [0.25, 0.3) is 0 Å². The van der Waals surface area contributed by atoms with Crippen LogP contribution in [-0.4, -0.2) is 36.2 Å². The molecule has 0 aromatic heterocycles. The molecular formula is C19H36O4S. The van der Waals surface area contributed by atoms with E-state index in [4.69, 9.17) is 9.47 Å². The predicted octanol–water partition coefficient (Wildman–Crippen LogP) is 5.14. The highest BCUT2D eigenvalue weighted by Crippen LogP contribution is 2.19. The number of hydrogen-bond donors (Lipinski definition) is 0. The second-order valence-electron chi connectivity index (χ2n) is 6.25. The number of carbonyl (C=O) groups excluding carboxylic acids is 2. The Morgan fingerprint density at radius 2 is 1.38 bits per heavy atom. The smallest absolute Gasteiger partial charge is 0.302 e. The summed E-state index contributed by atoms with van der Waals surface area (Å²) in [6.45, 7) is 5.88. The summed E-state index contributed by atoms with van der Waals surface area (Å²) in [7, 11) is 0. The van der Waals surface area contributed by atoms with E-state index in [9.17, 15) is 9.59 Å². The molecule has 0 rings (SSSR count). The summed E-state index contributed by atoms with van der Waals surface area (Å²) < 4.78 is 10.1. The van der Waals surface area contributed by atoms with Gasteiger partial charge in [-0.05, 0) is 18.6 Å². The molecule has 5 heteroatoms. The number of unbranched alkanes of at least 4 members (excludes halogenated alkanes) is 8. The summed E-state index contributed by atoms with van der Waals surface area (Å²) in [5.41, 5.74) is 0. The van der Waals surface area contributed by atoms with Gasteiger partial charge in [0, 0.05) is 19.1 Å². The van der Waals surface area contributed by atoms with E-state index in [2.05, 4.69) is 6.92 Å². The topological polar surface area (TPSA) is 52.6 Å². The van der Waals surface area contributed by atoms with Crippen LogP contribution in [0.15, 0.2) is 0 Å². The fourth-order valence-corrected chi connectivity index (χ4v) is 3.55. The number of esters is 2. The number of carbonyl (C=O) groups is 2. The first kappa shape index (κ1) is 23.3. The predicted molar refractivity (Wildman–Crippen MR) is 101 cm³/mol. The summed E-state index contributed by atoms with van der Waals surface area (Å²) >= 11 is 1.82. The largest absolute Gasteiger partial charge is 0.466 e. The first-order valence-electron chi connectivity index (χ1n) is 9.44. The Hall–Kier alpha value is -0.710. The molecule has 24 heavy (non-hydrogen) atoms. The number of hydrogen-bond acceptors (Lipinski definition) is 5. The summed E-state index contributed by atoms with van der Waals surface area (Å²) in [6.07, 6.45) is 12.7. The van der Waals surface area contributed by atoms with E-state index >= 15 is 0 Å². The molecule has 1 atom stereocenters. The van der Waals surface area contributed by atoms with Crippen LogP contribution in [0.1, 0.15) is 85.0 Å². The van der Waals surface area contributed by atoms with E-state index in [1.54, 1.807) is 0 Å². The second kappa shape index (κ2) is 17.1. The highest BCUT2D eigenvalue weighted by atomic mass is 32.2. The lowest BCUT2D eigenvalue weighted by molar-refractivity contribution is -0.143. The minimum absolute atomic E-state index is 0.210. The van der Waals surface area contributed by atoms with Gasteiger partial charge in [0.15, 0.2) is 0 Å².